The molecule has 0 aromatic rings. The standard InChI is InChI=1S/C18H32N2O/c1-15(2)8-11-19-18(21)17-9-12-20(13-10-17)14-16-6-4-3-5-7-16/h3-4,15-17H,5-14H2,1-2H3,(H,19,21). The Morgan fingerprint density at radius 3 is 2.62 bits per heavy atom. The smallest absolute Gasteiger partial charge is 0.223 e. The number of likely N-dealkylation sites (tertiary alicyclic amines) is 1. The van der Waals surface area contributed by atoms with Gasteiger partial charge in [-0.05, 0) is 63.5 Å². The molecule has 1 aliphatic carbocycles. The van der Waals surface area contributed by atoms with Gasteiger partial charge in [0.15, 0.2) is 0 Å². The second-order valence-corrected chi connectivity index (χ2v) is 7.20. The Bertz CT molecular complexity index is 343. The largest absolute Gasteiger partial charge is 0.356 e. The molecule has 0 spiro atoms. The molecule has 0 aromatic carbocycles. The summed E-state index contributed by atoms with van der Waals surface area (Å²) >= 11 is 0. The van der Waals surface area contributed by atoms with E-state index in [1.54, 1.807) is 0 Å². The molecule has 21 heavy (non-hydrogen) atoms. The molecule has 1 heterocycles. The molecule has 0 bridgehead atoms. The summed E-state index contributed by atoms with van der Waals surface area (Å²) in [6.07, 6.45) is 11.6. The highest BCUT2D eigenvalue weighted by Gasteiger charge is 2.26. The average molecular weight is 292 g/mol. The van der Waals surface area contributed by atoms with Gasteiger partial charge in [-0.1, -0.05) is 26.0 Å². The van der Waals surface area contributed by atoms with Crippen LogP contribution in [0.2, 0.25) is 0 Å². The number of hydrogen-bond donors (Lipinski definition) is 1. The summed E-state index contributed by atoms with van der Waals surface area (Å²) in [7, 11) is 0. The van der Waals surface area contributed by atoms with E-state index >= 15 is 0 Å². The van der Waals surface area contributed by atoms with Crippen LogP contribution in [0.4, 0.5) is 0 Å². The second kappa shape index (κ2) is 8.57. The topological polar surface area (TPSA) is 32.3 Å². The minimum atomic E-state index is 0.250. The third-order valence-corrected chi connectivity index (χ3v) is 4.87. The first kappa shape index (κ1) is 16.5. The molecule has 1 atom stereocenters. The number of nitrogens with one attached hydrogen (secondary N) is 1. The summed E-state index contributed by atoms with van der Waals surface area (Å²) in [5.74, 6) is 2.04. The van der Waals surface area contributed by atoms with Crippen molar-refractivity contribution in [3.8, 4) is 0 Å². The molecule has 1 unspecified atom stereocenters. The third kappa shape index (κ3) is 5.82. The molecule has 0 aromatic heterocycles. The van der Waals surface area contributed by atoms with E-state index in [-0.39, 0.29) is 11.8 Å². The summed E-state index contributed by atoms with van der Waals surface area (Å²) in [5, 5.41) is 3.11. The third-order valence-electron chi connectivity index (χ3n) is 4.87. The molecule has 3 nitrogen and oxygen atoms in total. The normalized spacial score (nSPS) is 24.4. The first-order valence-corrected chi connectivity index (χ1v) is 8.80. The Labute approximate surface area is 130 Å². The molecule has 1 amide bonds. The highest BCUT2D eigenvalue weighted by molar-refractivity contribution is 5.78. The summed E-state index contributed by atoms with van der Waals surface area (Å²) in [6.45, 7) is 8.66. The van der Waals surface area contributed by atoms with Crippen molar-refractivity contribution < 1.29 is 4.79 Å². The van der Waals surface area contributed by atoms with Crippen LogP contribution in [0.1, 0.15) is 52.4 Å². The lowest BCUT2D eigenvalue weighted by Gasteiger charge is -2.34. The first-order chi connectivity index (χ1) is 10.1. The fraction of sp³-hybridized carbons (Fsp3) is 0.833. The maximum absolute atomic E-state index is 12.1. The van der Waals surface area contributed by atoms with Crippen LogP contribution in [0, 0.1) is 17.8 Å². The Morgan fingerprint density at radius 1 is 1.24 bits per heavy atom. The zero-order chi connectivity index (χ0) is 15.1. The highest BCUT2D eigenvalue weighted by Crippen LogP contribution is 2.23. The molecule has 3 heteroatoms. The van der Waals surface area contributed by atoms with Crippen molar-refractivity contribution >= 4 is 5.91 Å². The molecule has 1 saturated heterocycles. The van der Waals surface area contributed by atoms with Crippen LogP contribution < -0.4 is 5.32 Å². The fourth-order valence-electron chi connectivity index (χ4n) is 3.39. The number of carbonyl (C=O) groups is 1. The molecular weight excluding hydrogens is 260 g/mol. The van der Waals surface area contributed by atoms with Gasteiger partial charge in [0.25, 0.3) is 0 Å². The monoisotopic (exact) mass is 292 g/mol. The maximum atomic E-state index is 12.1. The quantitative estimate of drug-likeness (QED) is 0.762. The first-order valence-electron chi connectivity index (χ1n) is 8.80. The number of amides is 1. The van der Waals surface area contributed by atoms with Gasteiger partial charge in [-0.25, -0.2) is 0 Å². The van der Waals surface area contributed by atoms with Gasteiger partial charge in [0, 0.05) is 19.0 Å². The Hall–Kier alpha value is -0.830. The summed E-state index contributed by atoms with van der Waals surface area (Å²) < 4.78 is 0. The number of rotatable bonds is 6. The van der Waals surface area contributed by atoms with Crippen LogP contribution in [-0.4, -0.2) is 37.0 Å². The number of piperidine rings is 1. The Balaban J connectivity index is 1.63. The van der Waals surface area contributed by atoms with Crippen LogP contribution in [-0.2, 0) is 4.79 Å². The molecular formula is C18H32N2O. The summed E-state index contributed by atoms with van der Waals surface area (Å²) in [6, 6.07) is 0. The van der Waals surface area contributed by atoms with E-state index in [2.05, 4.69) is 36.2 Å². The molecule has 1 fully saturated rings. The average Bonchev–Trinajstić information content (AvgIpc) is 2.48. The van der Waals surface area contributed by atoms with Crippen LogP contribution in [0.3, 0.4) is 0 Å². The van der Waals surface area contributed by atoms with Crippen LogP contribution in [0.25, 0.3) is 0 Å². The SMILES string of the molecule is CC(C)CCNC(=O)C1CCN(CC2CC=CCC2)CC1. The lowest BCUT2D eigenvalue weighted by molar-refractivity contribution is -0.126. The minimum absolute atomic E-state index is 0.250. The van der Waals surface area contributed by atoms with Gasteiger partial charge in [0.2, 0.25) is 5.91 Å². The Kier molecular flexibility index (Phi) is 6.75. The molecule has 2 aliphatic rings. The van der Waals surface area contributed by atoms with Crippen molar-refractivity contribution in [1.82, 2.24) is 10.2 Å². The highest BCUT2D eigenvalue weighted by atomic mass is 16.1. The number of nitrogens with zero attached hydrogens (tertiary/aromatic N) is 1. The van der Waals surface area contributed by atoms with Crippen LogP contribution in [0.5, 0.6) is 0 Å². The van der Waals surface area contributed by atoms with E-state index in [1.165, 1.54) is 25.8 Å². The van der Waals surface area contributed by atoms with Crippen molar-refractivity contribution in [3.05, 3.63) is 12.2 Å². The summed E-state index contributed by atoms with van der Waals surface area (Å²) in [4.78, 5) is 14.7. The second-order valence-electron chi connectivity index (χ2n) is 7.20. The molecule has 0 radical (unpaired) electrons. The van der Waals surface area contributed by atoms with Gasteiger partial charge in [-0.15, -0.1) is 0 Å². The van der Waals surface area contributed by atoms with Gasteiger partial charge < -0.3 is 10.2 Å². The predicted molar refractivity (Wildman–Crippen MR) is 88.1 cm³/mol. The van der Waals surface area contributed by atoms with E-state index in [1.807, 2.05) is 0 Å². The number of allylic oxidation sites excluding steroid dienone is 2. The van der Waals surface area contributed by atoms with Gasteiger partial charge in [-0.3, -0.25) is 4.79 Å². The van der Waals surface area contributed by atoms with E-state index in [4.69, 9.17) is 0 Å². The van der Waals surface area contributed by atoms with Crippen molar-refractivity contribution in [2.45, 2.75) is 52.4 Å². The van der Waals surface area contributed by atoms with Crippen LogP contribution >= 0.6 is 0 Å². The van der Waals surface area contributed by atoms with Crippen molar-refractivity contribution in [3.63, 3.8) is 0 Å². The van der Waals surface area contributed by atoms with E-state index in [9.17, 15) is 4.79 Å². The Morgan fingerprint density at radius 2 is 2.00 bits per heavy atom. The molecule has 120 valence electrons. The van der Waals surface area contributed by atoms with Crippen molar-refractivity contribution in [1.29, 1.82) is 0 Å². The molecule has 0 saturated carbocycles. The molecule has 1 N–H and O–H groups in total. The maximum Gasteiger partial charge on any atom is 0.223 e. The van der Waals surface area contributed by atoms with E-state index in [0.717, 1.165) is 44.8 Å². The lowest BCUT2D eigenvalue weighted by atomic mass is 9.91. The van der Waals surface area contributed by atoms with E-state index < -0.39 is 0 Å². The zero-order valence-electron chi connectivity index (χ0n) is 13.8. The lowest BCUT2D eigenvalue weighted by Crippen LogP contribution is -2.42. The summed E-state index contributed by atoms with van der Waals surface area (Å²) in [5.41, 5.74) is 0. The van der Waals surface area contributed by atoms with Gasteiger partial charge in [0.05, 0.1) is 0 Å². The zero-order valence-corrected chi connectivity index (χ0v) is 13.8. The van der Waals surface area contributed by atoms with Gasteiger partial charge >= 0.3 is 0 Å². The number of hydrogen-bond acceptors (Lipinski definition) is 2. The van der Waals surface area contributed by atoms with Crippen molar-refractivity contribution in [2.75, 3.05) is 26.2 Å². The van der Waals surface area contributed by atoms with Gasteiger partial charge in [0.1, 0.15) is 0 Å². The number of carbonyl (C=O) groups excluding carboxylic acids is 1. The molecule has 1 aliphatic heterocycles. The fourth-order valence-corrected chi connectivity index (χ4v) is 3.39. The van der Waals surface area contributed by atoms with Crippen LogP contribution in [0.15, 0.2) is 12.2 Å². The van der Waals surface area contributed by atoms with Crippen molar-refractivity contribution in [2.24, 2.45) is 17.8 Å². The van der Waals surface area contributed by atoms with E-state index in [0.29, 0.717) is 5.92 Å². The molecule has 2 rings (SSSR count). The minimum Gasteiger partial charge on any atom is -0.356 e. The van der Waals surface area contributed by atoms with Gasteiger partial charge in [-0.2, -0.15) is 0 Å². The predicted octanol–water partition coefficient (Wildman–Crippen LogP) is 3.22.